The lowest BCUT2D eigenvalue weighted by atomic mass is 9.84. The first kappa shape index (κ1) is 19.0. The average molecular weight is 366 g/mol. The summed E-state index contributed by atoms with van der Waals surface area (Å²) in [4.78, 5) is 24.2. The molecule has 3 rings (SSSR count). The maximum absolute atomic E-state index is 13.1. The fourth-order valence-electron chi connectivity index (χ4n) is 3.80. The summed E-state index contributed by atoms with van der Waals surface area (Å²) in [5.74, 6) is 0.871. The van der Waals surface area contributed by atoms with Gasteiger partial charge in [0.25, 0.3) is 0 Å². The molecule has 2 aromatic carbocycles. The molecule has 0 bridgehead atoms. The van der Waals surface area contributed by atoms with Crippen molar-refractivity contribution < 1.29 is 14.3 Å². The normalized spacial score (nSPS) is 15.2. The summed E-state index contributed by atoms with van der Waals surface area (Å²) in [7, 11) is 1.64. The van der Waals surface area contributed by atoms with Gasteiger partial charge < -0.3 is 15.4 Å². The number of hydrogen-bond acceptors (Lipinski definition) is 3. The molecule has 5 heteroatoms. The quantitative estimate of drug-likeness (QED) is 0.787. The molecule has 0 heterocycles. The summed E-state index contributed by atoms with van der Waals surface area (Å²) in [6.07, 6.45) is 4.50. The number of nitrogens with one attached hydrogen (secondary N) is 2. The van der Waals surface area contributed by atoms with Crippen molar-refractivity contribution in [2.75, 3.05) is 17.7 Å². The maximum Gasteiger partial charge on any atom is 0.232 e. The number of rotatable bonds is 6. The molecule has 1 atom stereocenters. The van der Waals surface area contributed by atoms with Gasteiger partial charge in [0.05, 0.1) is 13.0 Å². The van der Waals surface area contributed by atoms with Gasteiger partial charge in [-0.05, 0) is 60.7 Å². The van der Waals surface area contributed by atoms with Crippen LogP contribution in [0.3, 0.4) is 0 Å². The number of carbonyl (C=O) groups is 2. The molecule has 1 aliphatic carbocycles. The first-order valence-electron chi connectivity index (χ1n) is 9.39. The van der Waals surface area contributed by atoms with E-state index in [2.05, 4.69) is 10.6 Å². The van der Waals surface area contributed by atoms with Crippen molar-refractivity contribution >= 4 is 23.2 Å². The predicted molar refractivity (Wildman–Crippen MR) is 107 cm³/mol. The Morgan fingerprint density at radius 3 is 2.00 bits per heavy atom. The standard InChI is InChI=1S/C22H26N2O3/c1-15(25)23-18-9-11-19(12-10-18)24-22(26)21(16-5-3-4-6-16)17-7-13-20(27-2)14-8-17/h7-14,16,21H,3-6H2,1-2H3,(H,23,25)(H,24,26). The molecule has 0 aliphatic heterocycles. The monoisotopic (exact) mass is 366 g/mol. The summed E-state index contributed by atoms with van der Waals surface area (Å²) in [6.45, 7) is 1.47. The van der Waals surface area contributed by atoms with Crippen LogP contribution >= 0.6 is 0 Å². The van der Waals surface area contributed by atoms with Crippen LogP contribution in [0, 0.1) is 5.92 Å². The third-order valence-electron chi connectivity index (χ3n) is 5.10. The number of ether oxygens (including phenoxy) is 1. The van der Waals surface area contributed by atoms with Crippen LogP contribution in [0.4, 0.5) is 11.4 Å². The predicted octanol–water partition coefficient (Wildman–Crippen LogP) is 4.57. The fourth-order valence-corrected chi connectivity index (χ4v) is 3.80. The smallest absolute Gasteiger partial charge is 0.232 e. The Bertz CT molecular complexity index is 778. The Labute approximate surface area is 160 Å². The van der Waals surface area contributed by atoms with E-state index in [0.717, 1.165) is 29.8 Å². The van der Waals surface area contributed by atoms with Crippen LogP contribution in [0.2, 0.25) is 0 Å². The van der Waals surface area contributed by atoms with Crippen molar-refractivity contribution in [3.05, 3.63) is 54.1 Å². The molecule has 142 valence electrons. The second kappa shape index (κ2) is 8.71. The van der Waals surface area contributed by atoms with E-state index >= 15 is 0 Å². The molecule has 0 spiro atoms. The highest BCUT2D eigenvalue weighted by Crippen LogP contribution is 2.38. The van der Waals surface area contributed by atoms with Gasteiger partial charge in [-0.3, -0.25) is 9.59 Å². The molecule has 0 aromatic heterocycles. The molecule has 2 aromatic rings. The first-order chi connectivity index (χ1) is 13.1. The van der Waals surface area contributed by atoms with E-state index in [1.54, 1.807) is 19.2 Å². The molecule has 1 fully saturated rings. The molecule has 1 aliphatic rings. The first-order valence-corrected chi connectivity index (χ1v) is 9.39. The van der Waals surface area contributed by atoms with Gasteiger partial charge in [0.15, 0.2) is 0 Å². The highest BCUT2D eigenvalue weighted by molar-refractivity contribution is 5.96. The molecule has 0 radical (unpaired) electrons. The van der Waals surface area contributed by atoms with Crippen LogP contribution in [0.1, 0.15) is 44.1 Å². The minimum Gasteiger partial charge on any atom is -0.497 e. The Balaban J connectivity index is 1.77. The molecule has 2 N–H and O–H groups in total. The Kier molecular flexibility index (Phi) is 6.12. The SMILES string of the molecule is COc1ccc(C(C(=O)Nc2ccc(NC(C)=O)cc2)C2CCCC2)cc1. The maximum atomic E-state index is 13.1. The number of hydrogen-bond donors (Lipinski definition) is 2. The Morgan fingerprint density at radius 2 is 1.48 bits per heavy atom. The molecule has 1 saturated carbocycles. The molecule has 1 unspecified atom stereocenters. The van der Waals surface area contributed by atoms with Crippen molar-refractivity contribution in [3.63, 3.8) is 0 Å². The molecule has 2 amide bonds. The van der Waals surface area contributed by atoms with Crippen LogP contribution in [-0.2, 0) is 9.59 Å². The average Bonchev–Trinajstić information content (AvgIpc) is 3.18. The number of benzene rings is 2. The van der Waals surface area contributed by atoms with Gasteiger partial charge in [0, 0.05) is 18.3 Å². The van der Waals surface area contributed by atoms with Crippen LogP contribution in [-0.4, -0.2) is 18.9 Å². The molecule has 0 saturated heterocycles. The van der Waals surface area contributed by atoms with Gasteiger partial charge in [0.1, 0.15) is 5.75 Å². The Hall–Kier alpha value is -2.82. The minimum atomic E-state index is -0.173. The van der Waals surface area contributed by atoms with E-state index in [1.165, 1.54) is 19.8 Å². The van der Waals surface area contributed by atoms with Crippen molar-refractivity contribution in [2.45, 2.75) is 38.5 Å². The van der Waals surface area contributed by atoms with Crippen molar-refractivity contribution in [1.82, 2.24) is 0 Å². The highest BCUT2D eigenvalue weighted by Gasteiger charge is 2.32. The molecule has 5 nitrogen and oxygen atoms in total. The van der Waals surface area contributed by atoms with Crippen LogP contribution in [0.25, 0.3) is 0 Å². The van der Waals surface area contributed by atoms with E-state index < -0.39 is 0 Å². The topological polar surface area (TPSA) is 67.4 Å². The summed E-state index contributed by atoms with van der Waals surface area (Å²) >= 11 is 0. The van der Waals surface area contributed by atoms with E-state index in [0.29, 0.717) is 11.6 Å². The third-order valence-corrected chi connectivity index (χ3v) is 5.10. The summed E-state index contributed by atoms with van der Waals surface area (Å²) < 4.78 is 5.24. The zero-order valence-corrected chi connectivity index (χ0v) is 15.8. The van der Waals surface area contributed by atoms with Gasteiger partial charge in [-0.1, -0.05) is 25.0 Å². The van der Waals surface area contributed by atoms with Crippen molar-refractivity contribution in [1.29, 1.82) is 0 Å². The van der Waals surface area contributed by atoms with Gasteiger partial charge in [0.2, 0.25) is 11.8 Å². The van der Waals surface area contributed by atoms with Crippen molar-refractivity contribution in [2.24, 2.45) is 5.92 Å². The number of anilines is 2. The number of methoxy groups -OCH3 is 1. The zero-order chi connectivity index (χ0) is 19.2. The molecular formula is C22H26N2O3. The third kappa shape index (κ3) is 4.88. The van der Waals surface area contributed by atoms with E-state index in [1.807, 2.05) is 36.4 Å². The van der Waals surface area contributed by atoms with E-state index in [9.17, 15) is 9.59 Å². The largest absolute Gasteiger partial charge is 0.497 e. The Morgan fingerprint density at radius 1 is 0.926 bits per heavy atom. The van der Waals surface area contributed by atoms with Gasteiger partial charge in [-0.15, -0.1) is 0 Å². The van der Waals surface area contributed by atoms with Crippen LogP contribution in [0.15, 0.2) is 48.5 Å². The second-order valence-electron chi connectivity index (χ2n) is 7.04. The van der Waals surface area contributed by atoms with Gasteiger partial charge in [-0.2, -0.15) is 0 Å². The van der Waals surface area contributed by atoms with Crippen LogP contribution in [0.5, 0.6) is 5.75 Å². The van der Waals surface area contributed by atoms with Crippen molar-refractivity contribution in [3.8, 4) is 5.75 Å². The zero-order valence-electron chi connectivity index (χ0n) is 15.8. The van der Waals surface area contributed by atoms with E-state index in [4.69, 9.17) is 4.74 Å². The summed E-state index contributed by atoms with van der Waals surface area (Å²) in [5.41, 5.74) is 2.46. The number of amides is 2. The molecule has 27 heavy (non-hydrogen) atoms. The van der Waals surface area contributed by atoms with Crippen LogP contribution < -0.4 is 15.4 Å². The second-order valence-corrected chi connectivity index (χ2v) is 7.04. The van der Waals surface area contributed by atoms with E-state index in [-0.39, 0.29) is 17.7 Å². The highest BCUT2D eigenvalue weighted by atomic mass is 16.5. The lowest BCUT2D eigenvalue weighted by Gasteiger charge is -2.23. The summed E-state index contributed by atoms with van der Waals surface area (Å²) in [6, 6.07) is 15.0. The van der Waals surface area contributed by atoms with Gasteiger partial charge in [-0.25, -0.2) is 0 Å². The fraction of sp³-hybridized carbons (Fsp3) is 0.364. The lowest BCUT2D eigenvalue weighted by molar-refractivity contribution is -0.118. The molecular weight excluding hydrogens is 340 g/mol. The number of carbonyl (C=O) groups excluding carboxylic acids is 2. The van der Waals surface area contributed by atoms with Gasteiger partial charge >= 0.3 is 0 Å². The lowest BCUT2D eigenvalue weighted by Crippen LogP contribution is -2.26. The minimum absolute atomic E-state index is 0.0133. The summed E-state index contributed by atoms with van der Waals surface area (Å²) in [5, 5.41) is 5.77.